The van der Waals surface area contributed by atoms with Gasteiger partial charge in [0.05, 0.1) is 18.6 Å². The van der Waals surface area contributed by atoms with Gasteiger partial charge >= 0.3 is 0 Å². The van der Waals surface area contributed by atoms with E-state index in [4.69, 9.17) is 22.7 Å². The molecule has 1 aromatic carbocycles. The minimum Gasteiger partial charge on any atom is -0.495 e. The van der Waals surface area contributed by atoms with Gasteiger partial charge in [-0.15, -0.1) is 0 Å². The molecule has 7 heteroatoms. The lowest BCUT2D eigenvalue weighted by atomic mass is 10.2. The Morgan fingerprint density at radius 3 is 2.72 bits per heavy atom. The third-order valence-electron chi connectivity index (χ3n) is 2.83. The van der Waals surface area contributed by atoms with Gasteiger partial charge in [-0.3, -0.25) is 4.31 Å². The van der Waals surface area contributed by atoms with Crippen molar-refractivity contribution in [2.45, 2.75) is 6.42 Å². The van der Waals surface area contributed by atoms with Crippen LogP contribution in [0.5, 0.6) is 5.75 Å². The average molecular weight is 286 g/mol. The van der Waals surface area contributed by atoms with E-state index in [0.717, 1.165) is 0 Å². The van der Waals surface area contributed by atoms with Crippen LogP contribution in [0.15, 0.2) is 18.2 Å². The lowest BCUT2D eigenvalue weighted by molar-refractivity contribution is 0.415. The molecule has 5 nitrogen and oxygen atoms in total. The number of nitrogens with zero attached hydrogens (tertiary/aromatic N) is 1. The highest BCUT2D eigenvalue weighted by Gasteiger charge is 2.30. The van der Waals surface area contributed by atoms with Gasteiger partial charge in [-0.25, -0.2) is 8.42 Å². The van der Waals surface area contributed by atoms with E-state index in [9.17, 15) is 8.42 Å². The molecule has 0 saturated carbocycles. The third kappa shape index (κ3) is 2.28. The molecule has 18 heavy (non-hydrogen) atoms. The molecule has 1 saturated heterocycles. The summed E-state index contributed by atoms with van der Waals surface area (Å²) in [4.78, 5) is 0.254. The van der Waals surface area contributed by atoms with Crippen LogP contribution in [0.3, 0.4) is 0 Å². The molecular weight excluding hydrogens is 272 g/mol. The Bertz CT molecular complexity index is 584. The number of ether oxygens (including phenoxy) is 1. The number of anilines is 1. The number of hydrogen-bond donors (Lipinski definition) is 1. The largest absolute Gasteiger partial charge is 0.495 e. The zero-order valence-electron chi connectivity index (χ0n) is 9.92. The summed E-state index contributed by atoms with van der Waals surface area (Å²) in [6, 6.07) is 5.04. The Morgan fingerprint density at radius 1 is 1.50 bits per heavy atom. The normalized spacial score (nSPS) is 17.7. The Morgan fingerprint density at radius 2 is 2.22 bits per heavy atom. The molecule has 1 aromatic rings. The molecule has 1 heterocycles. The fourth-order valence-electron chi connectivity index (χ4n) is 1.95. The first kappa shape index (κ1) is 13.1. The highest BCUT2D eigenvalue weighted by Crippen LogP contribution is 2.33. The molecular formula is C11H14N2O3S2. The molecule has 0 bridgehead atoms. The predicted octanol–water partition coefficient (Wildman–Crippen LogP) is 0.869. The van der Waals surface area contributed by atoms with Crippen molar-refractivity contribution in [2.75, 3.05) is 23.7 Å². The molecule has 1 fully saturated rings. The lowest BCUT2D eigenvalue weighted by Gasteiger charge is -2.20. The van der Waals surface area contributed by atoms with E-state index in [-0.39, 0.29) is 10.7 Å². The molecule has 0 unspecified atom stereocenters. The van der Waals surface area contributed by atoms with Crippen LogP contribution in [0.25, 0.3) is 0 Å². The molecule has 2 rings (SSSR count). The van der Waals surface area contributed by atoms with E-state index in [1.54, 1.807) is 18.2 Å². The summed E-state index contributed by atoms with van der Waals surface area (Å²) < 4.78 is 30.3. The van der Waals surface area contributed by atoms with Crippen molar-refractivity contribution in [3.8, 4) is 5.75 Å². The van der Waals surface area contributed by atoms with Crippen LogP contribution in [0.2, 0.25) is 0 Å². The highest BCUT2D eigenvalue weighted by atomic mass is 32.2. The standard InChI is InChI=1S/C11H14N2O3S2/c1-16-10-7-8(11(12)17)3-4-9(10)13-5-2-6-18(13,14)15/h3-4,7H,2,5-6H2,1H3,(H2,12,17). The van der Waals surface area contributed by atoms with Gasteiger partial charge in [0.25, 0.3) is 0 Å². The maximum Gasteiger partial charge on any atom is 0.235 e. The van der Waals surface area contributed by atoms with E-state index in [0.29, 0.717) is 30.0 Å². The van der Waals surface area contributed by atoms with Crippen molar-refractivity contribution in [3.63, 3.8) is 0 Å². The van der Waals surface area contributed by atoms with Gasteiger partial charge in [0, 0.05) is 12.1 Å². The maximum atomic E-state index is 11.9. The molecule has 0 aromatic heterocycles. The second-order valence-corrected chi connectivity index (χ2v) is 6.45. The summed E-state index contributed by atoms with van der Waals surface area (Å²) in [5, 5.41) is 0. The number of hydrogen-bond acceptors (Lipinski definition) is 4. The number of methoxy groups -OCH3 is 1. The summed E-state index contributed by atoms with van der Waals surface area (Å²) in [5.41, 5.74) is 6.73. The molecule has 0 aliphatic carbocycles. The quantitative estimate of drug-likeness (QED) is 0.835. The molecule has 0 atom stereocenters. The average Bonchev–Trinajstić information content (AvgIpc) is 2.67. The van der Waals surface area contributed by atoms with Gasteiger partial charge < -0.3 is 10.5 Å². The van der Waals surface area contributed by atoms with Crippen LogP contribution in [-0.2, 0) is 10.0 Å². The van der Waals surface area contributed by atoms with Crippen molar-refractivity contribution in [2.24, 2.45) is 5.73 Å². The maximum absolute atomic E-state index is 11.9. The van der Waals surface area contributed by atoms with Gasteiger partial charge in [-0.1, -0.05) is 12.2 Å². The highest BCUT2D eigenvalue weighted by molar-refractivity contribution is 7.93. The fourth-order valence-corrected chi connectivity index (χ4v) is 3.65. The number of nitrogens with two attached hydrogens (primary N) is 1. The number of thiocarbonyl (C=S) groups is 1. The third-order valence-corrected chi connectivity index (χ3v) is 4.92. The van der Waals surface area contributed by atoms with E-state index in [2.05, 4.69) is 0 Å². The Labute approximate surface area is 112 Å². The number of benzene rings is 1. The monoisotopic (exact) mass is 286 g/mol. The molecule has 1 aliphatic heterocycles. The minimum absolute atomic E-state index is 0.174. The zero-order chi connectivity index (χ0) is 13.3. The lowest BCUT2D eigenvalue weighted by Crippen LogP contribution is -2.25. The zero-order valence-corrected chi connectivity index (χ0v) is 11.6. The minimum atomic E-state index is -3.22. The second kappa shape index (κ2) is 4.74. The summed E-state index contributed by atoms with van der Waals surface area (Å²) in [6.45, 7) is 0.477. The first-order chi connectivity index (χ1) is 8.45. The summed E-state index contributed by atoms with van der Waals surface area (Å²) in [5.74, 6) is 0.637. The van der Waals surface area contributed by atoms with Gasteiger partial charge in [0.1, 0.15) is 10.7 Å². The van der Waals surface area contributed by atoms with E-state index >= 15 is 0 Å². The van der Waals surface area contributed by atoms with Crippen LogP contribution >= 0.6 is 12.2 Å². The van der Waals surface area contributed by atoms with Gasteiger partial charge in [0.15, 0.2) is 0 Å². The SMILES string of the molecule is COc1cc(C(N)=S)ccc1N1CCCS1(=O)=O. The second-order valence-electron chi connectivity index (χ2n) is 3.99. The van der Waals surface area contributed by atoms with Crippen LogP contribution in [0.4, 0.5) is 5.69 Å². The van der Waals surface area contributed by atoms with Crippen LogP contribution in [-0.4, -0.2) is 32.8 Å². The van der Waals surface area contributed by atoms with Gasteiger partial charge in [-0.05, 0) is 24.6 Å². The van der Waals surface area contributed by atoms with Crippen LogP contribution in [0.1, 0.15) is 12.0 Å². The molecule has 98 valence electrons. The van der Waals surface area contributed by atoms with Crippen LogP contribution < -0.4 is 14.8 Å². The molecule has 1 aliphatic rings. The first-order valence-electron chi connectivity index (χ1n) is 5.44. The fraction of sp³-hybridized carbons (Fsp3) is 0.364. The van der Waals surface area contributed by atoms with Gasteiger partial charge in [-0.2, -0.15) is 0 Å². The Hall–Kier alpha value is -1.34. The molecule has 0 amide bonds. The summed E-state index contributed by atoms with van der Waals surface area (Å²) >= 11 is 4.88. The summed E-state index contributed by atoms with van der Waals surface area (Å²) in [6.07, 6.45) is 0.628. The first-order valence-corrected chi connectivity index (χ1v) is 7.46. The van der Waals surface area contributed by atoms with Crippen molar-refractivity contribution < 1.29 is 13.2 Å². The molecule has 0 radical (unpaired) electrons. The number of sulfonamides is 1. The van der Waals surface area contributed by atoms with Crippen LogP contribution in [0, 0.1) is 0 Å². The van der Waals surface area contributed by atoms with Gasteiger partial charge in [0.2, 0.25) is 10.0 Å². The Balaban J connectivity index is 2.48. The molecule has 2 N–H and O–H groups in total. The Kier molecular flexibility index (Phi) is 3.45. The summed E-state index contributed by atoms with van der Waals surface area (Å²) in [7, 11) is -1.73. The molecule has 0 spiro atoms. The smallest absolute Gasteiger partial charge is 0.235 e. The van der Waals surface area contributed by atoms with Crippen molar-refractivity contribution in [1.29, 1.82) is 0 Å². The van der Waals surface area contributed by atoms with E-state index in [1.165, 1.54) is 11.4 Å². The predicted molar refractivity (Wildman–Crippen MR) is 74.6 cm³/mol. The van der Waals surface area contributed by atoms with Crippen molar-refractivity contribution >= 4 is 32.9 Å². The van der Waals surface area contributed by atoms with E-state index in [1.807, 2.05) is 0 Å². The number of rotatable bonds is 3. The van der Waals surface area contributed by atoms with Crippen molar-refractivity contribution in [1.82, 2.24) is 0 Å². The topological polar surface area (TPSA) is 72.6 Å². The van der Waals surface area contributed by atoms with Crippen molar-refractivity contribution in [3.05, 3.63) is 23.8 Å². The van der Waals surface area contributed by atoms with E-state index < -0.39 is 10.0 Å².